The second-order valence-electron chi connectivity index (χ2n) is 5.57. The second kappa shape index (κ2) is 7.32. The Kier molecular flexibility index (Phi) is 5.45. The highest BCUT2D eigenvalue weighted by Crippen LogP contribution is 2.22. The van der Waals surface area contributed by atoms with Crippen LogP contribution in [0.15, 0.2) is 24.3 Å². The Morgan fingerprint density at radius 2 is 1.85 bits per heavy atom. The van der Waals surface area contributed by atoms with Crippen LogP contribution < -0.4 is 4.74 Å². The van der Waals surface area contributed by atoms with Crippen molar-refractivity contribution in [3.8, 4) is 5.75 Å². The van der Waals surface area contributed by atoms with Crippen molar-refractivity contribution in [3.05, 3.63) is 29.8 Å². The minimum Gasteiger partial charge on any atom is -0.484 e. The van der Waals surface area contributed by atoms with Crippen LogP contribution in [-0.4, -0.2) is 30.0 Å². The van der Waals surface area contributed by atoms with Crippen molar-refractivity contribution < 1.29 is 9.53 Å². The monoisotopic (exact) mass is 275 g/mol. The smallest absolute Gasteiger partial charge is 0.260 e. The summed E-state index contributed by atoms with van der Waals surface area (Å²) in [6, 6.07) is 8.25. The maximum atomic E-state index is 12.3. The van der Waals surface area contributed by atoms with Crippen molar-refractivity contribution >= 4 is 5.91 Å². The molecule has 1 aliphatic rings. The summed E-state index contributed by atoms with van der Waals surface area (Å²) in [7, 11) is 0. The standard InChI is InChI=1S/C17H25NO2/c1-3-18(15-7-5-4-6-8-15)17(19)13-20-16-11-9-14(2)10-12-16/h9-12,15H,3-8,13H2,1-2H3. The largest absolute Gasteiger partial charge is 0.484 e. The van der Waals surface area contributed by atoms with Crippen LogP contribution in [0.3, 0.4) is 0 Å². The lowest BCUT2D eigenvalue weighted by Crippen LogP contribution is -2.43. The third-order valence-corrected chi connectivity index (χ3v) is 4.06. The molecular formula is C17H25NO2. The van der Waals surface area contributed by atoms with Gasteiger partial charge in [-0.05, 0) is 38.8 Å². The molecule has 0 atom stereocenters. The number of likely N-dealkylation sites (N-methyl/N-ethyl adjacent to an activating group) is 1. The zero-order valence-electron chi connectivity index (χ0n) is 12.6. The predicted octanol–water partition coefficient (Wildman–Crippen LogP) is 3.56. The average molecular weight is 275 g/mol. The number of rotatable bonds is 5. The quantitative estimate of drug-likeness (QED) is 0.822. The zero-order chi connectivity index (χ0) is 14.4. The van der Waals surface area contributed by atoms with E-state index >= 15 is 0 Å². The first-order chi connectivity index (χ1) is 9.70. The lowest BCUT2D eigenvalue weighted by Gasteiger charge is -2.33. The summed E-state index contributed by atoms with van der Waals surface area (Å²) < 4.78 is 5.61. The second-order valence-corrected chi connectivity index (χ2v) is 5.57. The van der Waals surface area contributed by atoms with Crippen LogP contribution in [-0.2, 0) is 4.79 Å². The third-order valence-electron chi connectivity index (χ3n) is 4.06. The van der Waals surface area contributed by atoms with Gasteiger partial charge in [0.25, 0.3) is 5.91 Å². The lowest BCUT2D eigenvalue weighted by molar-refractivity contribution is -0.136. The molecule has 1 aliphatic carbocycles. The van der Waals surface area contributed by atoms with Crippen LogP contribution in [0.25, 0.3) is 0 Å². The first-order valence-corrected chi connectivity index (χ1v) is 7.69. The number of carbonyl (C=O) groups excluding carboxylic acids is 1. The normalized spacial score (nSPS) is 15.9. The average Bonchev–Trinajstić information content (AvgIpc) is 2.48. The van der Waals surface area contributed by atoms with E-state index in [2.05, 4.69) is 6.92 Å². The molecule has 0 radical (unpaired) electrons. The molecule has 0 aliphatic heterocycles. The van der Waals surface area contributed by atoms with Crippen LogP contribution in [0.4, 0.5) is 0 Å². The Labute approximate surface area is 121 Å². The fraction of sp³-hybridized carbons (Fsp3) is 0.588. The van der Waals surface area contributed by atoms with Crippen molar-refractivity contribution in [1.82, 2.24) is 4.90 Å². The number of aryl methyl sites for hydroxylation is 1. The number of ether oxygens (including phenoxy) is 1. The first kappa shape index (κ1) is 14.9. The van der Waals surface area contributed by atoms with Gasteiger partial charge in [0, 0.05) is 12.6 Å². The lowest BCUT2D eigenvalue weighted by atomic mass is 9.94. The van der Waals surface area contributed by atoms with Crippen molar-refractivity contribution in [3.63, 3.8) is 0 Å². The van der Waals surface area contributed by atoms with Crippen molar-refractivity contribution in [2.24, 2.45) is 0 Å². The van der Waals surface area contributed by atoms with Gasteiger partial charge in [0.1, 0.15) is 5.75 Å². The molecule has 110 valence electrons. The molecule has 0 N–H and O–H groups in total. The van der Waals surface area contributed by atoms with Gasteiger partial charge < -0.3 is 9.64 Å². The van der Waals surface area contributed by atoms with E-state index in [0.717, 1.165) is 25.1 Å². The van der Waals surface area contributed by atoms with E-state index in [-0.39, 0.29) is 12.5 Å². The first-order valence-electron chi connectivity index (χ1n) is 7.69. The van der Waals surface area contributed by atoms with E-state index in [4.69, 9.17) is 4.74 Å². The Bertz CT molecular complexity index is 421. The SMILES string of the molecule is CCN(C(=O)COc1ccc(C)cc1)C1CCCCC1. The fourth-order valence-electron chi connectivity index (χ4n) is 2.89. The molecule has 1 saturated carbocycles. The Balaban J connectivity index is 1.87. The van der Waals surface area contributed by atoms with Crippen LogP contribution in [0.2, 0.25) is 0 Å². The van der Waals surface area contributed by atoms with Crippen molar-refractivity contribution in [2.45, 2.75) is 52.0 Å². The van der Waals surface area contributed by atoms with E-state index in [1.807, 2.05) is 36.1 Å². The highest BCUT2D eigenvalue weighted by Gasteiger charge is 2.24. The zero-order valence-corrected chi connectivity index (χ0v) is 12.6. The van der Waals surface area contributed by atoms with Crippen LogP contribution in [0, 0.1) is 6.92 Å². The Hall–Kier alpha value is -1.51. The number of nitrogens with zero attached hydrogens (tertiary/aromatic N) is 1. The molecule has 1 amide bonds. The summed E-state index contributed by atoms with van der Waals surface area (Å²) in [5.74, 6) is 0.878. The summed E-state index contributed by atoms with van der Waals surface area (Å²) in [4.78, 5) is 14.3. The summed E-state index contributed by atoms with van der Waals surface area (Å²) in [5.41, 5.74) is 1.20. The number of amides is 1. The maximum absolute atomic E-state index is 12.3. The van der Waals surface area contributed by atoms with Gasteiger partial charge >= 0.3 is 0 Å². The molecule has 0 aromatic heterocycles. The van der Waals surface area contributed by atoms with Gasteiger partial charge in [0.05, 0.1) is 0 Å². The molecule has 0 spiro atoms. The van der Waals surface area contributed by atoms with E-state index in [1.54, 1.807) is 0 Å². The van der Waals surface area contributed by atoms with E-state index in [1.165, 1.54) is 24.8 Å². The number of hydrogen-bond donors (Lipinski definition) is 0. The molecule has 3 nitrogen and oxygen atoms in total. The van der Waals surface area contributed by atoms with Gasteiger partial charge in [-0.3, -0.25) is 4.79 Å². The molecule has 0 unspecified atom stereocenters. The number of benzene rings is 1. The maximum Gasteiger partial charge on any atom is 0.260 e. The molecule has 1 fully saturated rings. The minimum atomic E-state index is 0.111. The van der Waals surface area contributed by atoms with Gasteiger partial charge in [-0.15, -0.1) is 0 Å². The summed E-state index contributed by atoms with van der Waals surface area (Å²) in [5, 5.41) is 0. The highest BCUT2D eigenvalue weighted by molar-refractivity contribution is 5.78. The summed E-state index contributed by atoms with van der Waals surface area (Å²) in [6.07, 6.45) is 6.08. The molecule has 2 rings (SSSR count). The van der Waals surface area contributed by atoms with Crippen LogP contribution >= 0.6 is 0 Å². The van der Waals surface area contributed by atoms with E-state index in [0.29, 0.717) is 6.04 Å². The number of carbonyl (C=O) groups is 1. The van der Waals surface area contributed by atoms with Crippen molar-refractivity contribution in [2.75, 3.05) is 13.2 Å². The van der Waals surface area contributed by atoms with E-state index < -0.39 is 0 Å². The third kappa shape index (κ3) is 3.99. The Morgan fingerprint density at radius 1 is 1.20 bits per heavy atom. The van der Waals surface area contributed by atoms with Gasteiger partial charge in [0.15, 0.2) is 6.61 Å². The van der Waals surface area contributed by atoms with E-state index in [9.17, 15) is 4.79 Å². The topological polar surface area (TPSA) is 29.5 Å². The van der Waals surface area contributed by atoms with Crippen LogP contribution in [0.1, 0.15) is 44.6 Å². The molecule has 3 heteroatoms. The molecule has 0 bridgehead atoms. The van der Waals surface area contributed by atoms with Crippen molar-refractivity contribution in [1.29, 1.82) is 0 Å². The molecule has 1 aromatic carbocycles. The van der Waals surface area contributed by atoms with Gasteiger partial charge in [0.2, 0.25) is 0 Å². The Morgan fingerprint density at radius 3 is 2.45 bits per heavy atom. The molecule has 0 heterocycles. The molecular weight excluding hydrogens is 250 g/mol. The molecule has 1 aromatic rings. The number of hydrogen-bond acceptors (Lipinski definition) is 2. The minimum absolute atomic E-state index is 0.111. The predicted molar refractivity (Wildman–Crippen MR) is 80.9 cm³/mol. The van der Waals surface area contributed by atoms with Gasteiger partial charge in [-0.2, -0.15) is 0 Å². The van der Waals surface area contributed by atoms with Gasteiger partial charge in [-0.1, -0.05) is 37.0 Å². The summed E-state index contributed by atoms with van der Waals surface area (Å²) >= 11 is 0. The molecule has 0 saturated heterocycles. The molecule has 20 heavy (non-hydrogen) atoms. The highest BCUT2D eigenvalue weighted by atomic mass is 16.5. The fourth-order valence-corrected chi connectivity index (χ4v) is 2.89. The van der Waals surface area contributed by atoms with Gasteiger partial charge in [-0.25, -0.2) is 0 Å². The van der Waals surface area contributed by atoms with Crippen LogP contribution in [0.5, 0.6) is 5.75 Å². The summed E-state index contributed by atoms with van der Waals surface area (Å²) in [6.45, 7) is 5.02.